The number of hydrogen-bond acceptors (Lipinski definition) is 2. The number of nitrogens with zero attached hydrogens (tertiary/aromatic N) is 2. The molecule has 0 amide bonds. The molecule has 0 N–H and O–H groups in total. The predicted molar refractivity (Wildman–Crippen MR) is 352 cm³/mol. The van der Waals surface area contributed by atoms with Gasteiger partial charge in [0.25, 0.3) is 0 Å². The van der Waals surface area contributed by atoms with Crippen LogP contribution in [0.5, 0.6) is 0 Å². The molecule has 1 heterocycles. The van der Waals surface area contributed by atoms with Crippen LogP contribution in [-0.2, 0) is 5.41 Å². The molecule has 0 saturated heterocycles. The van der Waals surface area contributed by atoms with Gasteiger partial charge in [-0.2, -0.15) is 0 Å². The van der Waals surface area contributed by atoms with E-state index >= 15 is 8.78 Å². The molecule has 10 atom stereocenters. The number of anilines is 2. The lowest BCUT2D eigenvalue weighted by molar-refractivity contribution is 0.100. The van der Waals surface area contributed by atoms with Crippen molar-refractivity contribution < 1.29 is 8.78 Å². The second-order valence-electron chi connectivity index (χ2n) is 27.5. The van der Waals surface area contributed by atoms with Crippen LogP contribution >= 0.6 is 0 Å². The maximum atomic E-state index is 15.2. The molecule has 12 aliphatic carbocycles. The highest BCUT2D eigenvalue weighted by Crippen LogP contribution is 2.68. The summed E-state index contributed by atoms with van der Waals surface area (Å²) < 4.78 is 30.4. The van der Waals surface area contributed by atoms with Crippen LogP contribution in [0.4, 0.5) is 20.2 Å². The first kappa shape index (κ1) is 54.8. The quantitative estimate of drug-likeness (QED) is 0.154. The minimum absolute atomic E-state index is 0.0607. The van der Waals surface area contributed by atoms with Crippen molar-refractivity contribution in [1.82, 2.24) is 4.90 Å². The summed E-state index contributed by atoms with van der Waals surface area (Å²) >= 11 is 0. The second kappa shape index (κ2) is 21.8. The largest absolute Gasteiger partial charge is 0.341 e. The fourth-order valence-corrected chi connectivity index (χ4v) is 23.6. The number of halogens is 2. The normalized spacial score (nSPS) is 33.0. The van der Waals surface area contributed by atoms with Crippen LogP contribution in [0.25, 0.3) is 0 Å². The smallest absolute Gasteiger partial charge is 0.0960 e. The lowest BCUT2D eigenvalue weighted by atomic mass is 9.53. The Morgan fingerprint density at radius 2 is 1.47 bits per heavy atom. The van der Waals surface area contributed by atoms with Gasteiger partial charge in [0.15, 0.2) is 0 Å². The third-order valence-corrected chi connectivity index (χ3v) is 27.7. The Hall–Kier alpha value is -6.82. The molecule has 5 heteroatoms. The zero-order valence-electron chi connectivity index (χ0n) is 50.2. The van der Waals surface area contributed by atoms with Crippen molar-refractivity contribution in [3.05, 3.63) is 285 Å². The third kappa shape index (κ3) is 8.76. The Morgan fingerprint density at radius 1 is 0.647 bits per heavy atom. The average Bonchev–Trinajstić information content (AvgIpc) is 1.70. The van der Waals surface area contributed by atoms with E-state index in [1.54, 1.807) is 21.9 Å². The SMILES string of the molecule is C=CC1=CCC(C2(C3CC=C(F)CC3)c3cc(N(C4=CC5C6=C(CCC(N(C7=CC=CCC7)C7C=CC8=C(C7)C(C7=CC=C(C=C)CC7)(C7CC=C(F)CC7)C7=C8C=CCC7)=C6)[Si](C)(C)C5C=C4)c4ccccc4)ccc3C3C=CCCC32)C=C1. The van der Waals surface area contributed by atoms with Crippen LogP contribution in [0, 0.1) is 35.0 Å². The molecule has 2 aromatic rings. The molecular formula is C80H84F2N2Si. The first-order valence-corrected chi connectivity index (χ1v) is 35.9. The second-order valence-corrected chi connectivity index (χ2v) is 32.2. The van der Waals surface area contributed by atoms with Gasteiger partial charge in [0, 0.05) is 51.1 Å². The molecule has 0 spiro atoms. The number of para-hydroxylation sites is 1. The highest BCUT2D eigenvalue weighted by atomic mass is 28.3. The van der Waals surface area contributed by atoms with E-state index < -0.39 is 8.07 Å². The van der Waals surface area contributed by atoms with Crippen molar-refractivity contribution in [1.29, 1.82) is 0 Å². The van der Waals surface area contributed by atoms with Gasteiger partial charge in [0.05, 0.1) is 25.8 Å². The number of benzene rings is 2. The number of fused-ring (bicyclic) bond motifs is 6. The van der Waals surface area contributed by atoms with E-state index in [0.29, 0.717) is 48.0 Å². The Labute approximate surface area is 506 Å². The highest BCUT2D eigenvalue weighted by molar-refractivity contribution is 6.87. The Kier molecular flexibility index (Phi) is 14.1. The zero-order valence-corrected chi connectivity index (χ0v) is 51.2. The first-order chi connectivity index (χ1) is 41.6. The fraction of sp³-hybridized carbons (Fsp3) is 0.375. The molecule has 1 aliphatic heterocycles. The fourth-order valence-electron chi connectivity index (χ4n) is 19.7. The molecule has 0 saturated carbocycles. The Balaban J connectivity index is 0.827. The van der Waals surface area contributed by atoms with Gasteiger partial charge < -0.3 is 9.80 Å². The van der Waals surface area contributed by atoms with Crippen LogP contribution in [-0.4, -0.2) is 19.0 Å². The van der Waals surface area contributed by atoms with Gasteiger partial charge >= 0.3 is 0 Å². The lowest BCUT2D eigenvalue weighted by Gasteiger charge is -2.51. The van der Waals surface area contributed by atoms with E-state index in [1.165, 1.54) is 67.5 Å². The molecule has 432 valence electrons. The molecule has 13 aliphatic rings. The van der Waals surface area contributed by atoms with Crippen molar-refractivity contribution in [2.24, 2.45) is 35.0 Å². The number of rotatable bonds is 12. The Morgan fingerprint density at radius 3 is 2.21 bits per heavy atom. The van der Waals surface area contributed by atoms with E-state index in [4.69, 9.17) is 0 Å². The van der Waals surface area contributed by atoms with Gasteiger partial charge in [0.1, 0.15) is 0 Å². The molecule has 0 aromatic heterocycles. The molecule has 0 radical (unpaired) electrons. The standard InChI is InChI=1S/C80H84F2N2Si/c1-5-53-25-29-55(30-26-53)79(57-33-37-59(81)38-34-57)73-23-15-13-21-67(73)69-45-41-65(51-75(69)79)83(61-17-9-7-10-18-61)63-43-47-77-71(49-63)72-50-64(44-48-78(72)85(77,3)4)84(62-19-11-8-12-20-62)66-42-46-70-68-22-14-16-24-74(68)80(76(70)52-66,58-35-39-60(82)40-36-58)56-31-27-54(6-2)28-32-56/h5-11,13-14,17-19,21-22,25-27,29,31,37,39,41-43,45-47,49-51,55,57-58,66-67,71,73,77H,1-2,12,15-16,20,23-24,28,30,32-36,38,40,44,48,52H2,3-4H3. The van der Waals surface area contributed by atoms with Crippen molar-refractivity contribution in [2.75, 3.05) is 4.90 Å². The van der Waals surface area contributed by atoms with Crippen LogP contribution in [0.2, 0.25) is 18.6 Å². The maximum absolute atomic E-state index is 15.2. The minimum atomic E-state index is -1.94. The maximum Gasteiger partial charge on any atom is 0.0960 e. The van der Waals surface area contributed by atoms with Crippen LogP contribution in [0.3, 0.4) is 0 Å². The molecule has 0 bridgehead atoms. The highest BCUT2D eigenvalue weighted by Gasteiger charge is 2.59. The lowest BCUT2D eigenvalue weighted by Crippen LogP contribution is -2.47. The zero-order chi connectivity index (χ0) is 57.6. The van der Waals surface area contributed by atoms with E-state index in [9.17, 15) is 0 Å². The molecule has 2 nitrogen and oxygen atoms in total. The van der Waals surface area contributed by atoms with Crippen molar-refractivity contribution >= 4 is 19.4 Å². The summed E-state index contributed by atoms with van der Waals surface area (Å²) in [5.74, 6) is 2.12. The van der Waals surface area contributed by atoms with Gasteiger partial charge in [-0.25, -0.2) is 8.78 Å². The van der Waals surface area contributed by atoms with Crippen LogP contribution in [0.1, 0.15) is 133 Å². The topological polar surface area (TPSA) is 6.48 Å². The molecular weight excluding hydrogens is 1050 g/mol. The average molecular weight is 1140 g/mol. The molecule has 2 aromatic carbocycles. The Bertz CT molecular complexity index is 3730. The summed E-state index contributed by atoms with van der Waals surface area (Å²) in [5, 5.41) is 1.75. The molecule has 0 fully saturated rings. The van der Waals surface area contributed by atoms with Crippen LogP contribution in [0.15, 0.2) is 274 Å². The van der Waals surface area contributed by atoms with Crippen molar-refractivity contribution in [2.45, 2.75) is 152 Å². The summed E-state index contributed by atoms with van der Waals surface area (Å²) in [7, 11) is -1.94. The predicted octanol–water partition coefficient (Wildman–Crippen LogP) is 21.4. The minimum Gasteiger partial charge on any atom is -0.341 e. The number of allylic oxidation sites excluding steroid dienone is 33. The van der Waals surface area contributed by atoms with Gasteiger partial charge in [-0.1, -0.05) is 177 Å². The van der Waals surface area contributed by atoms with Gasteiger partial charge in [-0.3, -0.25) is 0 Å². The van der Waals surface area contributed by atoms with E-state index in [1.807, 2.05) is 24.3 Å². The monoisotopic (exact) mass is 1140 g/mol. The molecule has 85 heavy (non-hydrogen) atoms. The summed E-state index contributed by atoms with van der Waals surface area (Å²) in [6, 6.07) is 18.8. The van der Waals surface area contributed by atoms with Crippen molar-refractivity contribution in [3.63, 3.8) is 0 Å². The summed E-state index contributed by atoms with van der Waals surface area (Å²) in [5.41, 5.74) is 21.2. The van der Waals surface area contributed by atoms with E-state index in [-0.39, 0.29) is 34.4 Å². The van der Waals surface area contributed by atoms with Gasteiger partial charge in [-0.05, 0) is 237 Å². The van der Waals surface area contributed by atoms with E-state index in [2.05, 4.69) is 194 Å². The third-order valence-electron chi connectivity index (χ3n) is 23.4. The van der Waals surface area contributed by atoms with Gasteiger partial charge in [0.2, 0.25) is 0 Å². The first-order valence-electron chi connectivity index (χ1n) is 32.8. The summed E-state index contributed by atoms with van der Waals surface area (Å²) in [6.07, 6.45) is 69.4. The summed E-state index contributed by atoms with van der Waals surface area (Å²) in [6.45, 7) is 13.7. The van der Waals surface area contributed by atoms with Crippen molar-refractivity contribution in [3.8, 4) is 0 Å². The molecule has 15 rings (SSSR count). The van der Waals surface area contributed by atoms with Crippen LogP contribution < -0.4 is 4.90 Å². The van der Waals surface area contributed by atoms with E-state index in [0.717, 1.165) is 103 Å². The number of hydrogen-bond donors (Lipinski definition) is 0. The molecule has 10 unspecified atom stereocenters. The van der Waals surface area contributed by atoms with Gasteiger partial charge in [-0.15, -0.1) is 0 Å². The summed E-state index contributed by atoms with van der Waals surface area (Å²) in [4.78, 5) is 5.41.